The number of aryl methyl sites for hydroxylation is 1. The second kappa shape index (κ2) is 13.1. The number of aliphatic hydroxyl groups is 1. The number of hydrazone groups is 1. The molecule has 0 fully saturated rings. The molecule has 0 saturated carbocycles. The topological polar surface area (TPSA) is 90.8 Å². The first-order valence-corrected chi connectivity index (χ1v) is 12.7. The molecular weight excluding hydrogens is 514 g/mol. The molecule has 6 nitrogen and oxygen atoms in total. The Hall–Kier alpha value is -2.94. The SMILES string of the molecule is Cc1cccc(C=NNC(=O)c2cc(Br)ccc2NC(=O)c2ccc(CSCCCO)cc2)c1. The third-order valence-electron chi connectivity index (χ3n) is 4.83. The van der Waals surface area contributed by atoms with Gasteiger partial charge >= 0.3 is 0 Å². The van der Waals surface area contributed by atoms with E-state index in [-0.39, 0.29) is 12.5 Å². The zero-order chi connectivity index (χ0) is 24.3. The highest BCUT2D eigenvalue weighted by Gasteiger charge is 2.15. The lowest BCUT2D eigenvalue weighted by atomic mass is 10.1. The molecule has 0 heterocycles. The molecule has 3 rings (SSSR count). The number of nitrogens with one attached hydrogen (secondary N) is 2. The summed E-state index contributed by atoms with van der Waals surface area (Å²) < 4.78 is 0.710. The molecular formula is C26H26BrN3O3S. The molecule has 0 aliphatic rings. The van der Waals surface area contributed by atoms with Crippen LogP contribution in [0.25, 0.3) is 0 Å². The molecule has 0 unspecified atom stereocenters. The van der Waals surface area contributed by atoms with Gasteiger partial charge in [0, 0.05) is 22.4 Å². The summed E-state index contributed by atoms with van der Waals surface area (Å²) in [5.41, 5.74) is 6.78. The first-order valence-electron chi connectivity index (χ1n) is 10.7. The minimum Gasteiger partial charge on any atom is -0.396 e. The molecule has 3 aromatic rings. The summed E-state index contributed by atoms with van der Waals surface area (Å²) in [7, 11) is 0. The summed E-state index contributed by atoms with van der Waals surface area (Å²) in [6.07, 6.45) is 2.34. The van der Waals surface area contributed by atoms with Gasteiger partial charge in [0.05, 0.1) is 17.5 Å². The maximum atomic E-state index is 12.8. The number of carbonyl (C=O) groups excluding carboxylic acids is 2. The monoisotopic (exact) mass is 539 g/mol. The third-order valence-corrected chi connectivity index (χ3v) is 6.44. The lowest BCUT2D eigenvalue weighted by Gasteiger charge is -2.11. The summed E-state index contributed by atoms with van der Waals surface area (Å²) in [4.78, 5) is 25.6. The van der Waals surface area contributed by atoms with Crippen LogP contribution >= 0.6 is 27.7 Å². The maximum absolute atomic E-state index is 12.8. The van der Waals surface area contributed by atoms with E-state index in [9.17, 15) is 9.59 Å². The molecule has 0 atom stereocenters. The van der Waals surface area contributed by atoms with Gasteiger partial charge in [0.25, 0.3) is 11.8 Å². The Kier molecular flexibility index (Phi) is 9.88. The van der Waals surface area contributed by atoms with Gasteiger partial charge in [0.2, 0.25) is 0 Å². The van der Waals surface area contributed by atoms with Crippen LogP contribution in [0, 0.1) is 6.92 Å². The van der Waals surface area contributed by atoms with Crippen LogP contribution in [0.1, 0.15) is 43.8 Å². The highest BCUT2D eigenvalue weighted by molar-refractivity contribution is 9.10. The van der Waals surface area contributed by atoms with Gasteiger partial charge in [-0.05, 0) is 60.6 Å². The van der Waals surface area contributed by atoms with Crippen molar-refractivity contribution in [2.24, 2.45) is 5.10 Å². The fourth-order valence-electron chi connectivity index (χ4n) is 3.09. The van der Waals surface area contributed by atoms with E-state index in [1.165, 1.54) is 0 Å². The number of hydrogen-bond acceptors (Lipinski definition) is 5. The molecule has 0 radical (unpaired) electrons. The standard InChI is InChI=1S/C26H26BrN3O3S/c1-18-4-2-5-20(14-18)16-28-30-26(33)23-15-22(27)10-11-24(23)29-25(32)21-8-6-19(7-9-21)17-34-13-3-12-31/h2,4-11,14-16,31H,3,12-13,17H2,1H3,(H,29,32)(H,30,33). The van der Waals surface area contributed by atoms with Crippen LogP contribution < -0.4 is 10.7 Å². The number of benzene rings is 3. The fourth-order valence-corrected chi connectivity index (χ4v) is 4.36. The number of anilines is 1. The van der Waals surface area contributed by atoms with E-state index in [0.29, 0.717) is 21.3 Å². The van der Waals surface area contributed by atoms with Crippen LogP contribution in [0.2, 0.25) is 0 Å². The van der Waals surface area contributed by atoms with Crippen molar-refractivity contribution >= 4 is 51.4 Å². The fraction of sp³-hybridized carbons (Fsp3) is 0.192. The summed E-state index contributed by atoms with van der Waals surface area (Å²) in [6.45, 7) is 2.18. The first kappa shape index (κ1) is 25.7. The number of halogens is 1. The predicted octanol–water partition coefficient (Wildman–Crippen LogP) is 5.39. The van der Waals surface area contributed by atoms with Gasteiger partial charge in [0.1, 0.15) is 0 Å². The van der Waals surface area contributed by atoms with Crippen molar-refractivity contribution in [2.45, 2.75) is 19.1 Å². The second-order valence-electron chi connectivity index (χ2n) is 7.58. The van der Waals surface area contributed by atoms with Crippen molar-refractivity contribution in [3.05, 3.63) is 99.0 Å². The van der Waals surface area contributed by atoms with Crippen LogP contribution in [0.15, 0.2) is 76.3 Å². The summed E-state index contributed by atoms with van der Waals surface area (Å²) in [5.74, 6) is 0.972. The molecule has 0 aliphatic heterocycles. The minimum absolute atomic E-state index is 0.196. The maximum Gasteiger partial charge on any atom is 0.273 e. The number of amides is 2. The average molecular weight is 540 g/mol. The smallest absolute Gasteiger partial charge is 0.273 e. The van der Waals surface area contributed by atoms with Crippen molar-refractivity contribution in [1.29, 1.82) is 0 Å². The van der Waals surface area contributed by atoms with Gasteiger partial charge in [-0.1, -0.05) is 57.9 Å². The number of carbonyl (C=O) groups is 2. The molecule has 0 aromatic heterocycles. The van der Waals surface area contributed by atoms with E-state index in [4.69, 9.17) is 5.11 Å². The third kappa shape index (κ3) is 7.83. The Balaban J connectivity index is 1.65. The molecule has 8 heteroatoms. The van der Waals surface area contributed by atoms with E-state index >= 15 is 0 Å². The van der Waals surface area contributed by atoms with E-state index in [2.05, 4.69) is 31.8 Å². The van der Waals surface area contributed by atoms with E-state index in [1.807, 2.05) is 43.3 Å². The summed E-state index contributed by atoms with van der Waals surface area (Å²) >= 11 is 5.12. The van der Waals surface area contributed by atoms with Crippen LogP contribution in [0.5, 0.6) is 0 Å². The second-order valence-corrected chi connectivity index (χ2v) is 9.60. The van der Waals surface area contributed by atoms with Gasteiger partial charge < -0.3 is 10.4 Å². The van der Waals surface area contributed by atoms with E-state index < -0.39 is 5.91 Å². The predicted molar refractivity (Wildman–Crippen MR) is 143 cm³/mol. The molecule has 0 spiro atoms. The van der Waals surface area contributed by atoms with Crippen molar-refractivity contribution in [3.8, 4) is 0 Å². The molecule has 34 heavy (non-hydrogen) atoms. The van der Waals surface area contributed by atoms with Crippen molar-refractivity contribution < 1.29 is 14.7 Å². The van der Waals surface area contributed by atoms with E-state index in [0.717, 1.165) is 34.6 Å². The Morgan fingerprint density at radius 1 is 1.06 bits per heavy atom. The van der Waals surface area contributed by atoms with Gasteiger partial charge in [-0.25, -0.2) is 5.43 Å². The summed E-state index contributed by atoms with van der Waals surface area (Å²) in [5, 5.41) is 15.7. The zero-order valence-electron chi connectivity index (χ0n) is 18.8. The molecule has 176 valence electrons. The highest BCUT2D eigenvalue weighted by atomic mass is 79.9. The zero-order valence-corrected chi connectivity index (χ0v) is 21.2. The minimum atomic E-state index is -0.434. The molecule has 0 saturated heterocycles. The molecule has 3 N–H and O–H groups in total. The van der Waals surface area contributed by atoms with Crippen LogP contribution in [0.3, 0.4) is 0 Å². The van der Waals surface area contributed by atoms with Crippen molar-refractivity contribution in [1.82, 2.24) is 5.43 Å². The number of hydrogen-bond donors (Lipinski definition) is 3. The van der Waals surface area contributed by atoms with Gasteiger partial charge in [-0.15, -0.1) is 0 Å². The molecule has 0 bridgehead atoms. The molecule has 0 aliphatic carbocycles. The molecule has 2 amide bonds. The number of rotatable bonds is 10. The Morgan fingerprint density at radius 3 is 2.59 bits per heavy atom. The van der Waals surface area contributed by atoms with Gasteiger partial charge in [-0.2, -0.15) is 16.9 Å². The summed E-state index contributed by atoms with van der Waals surface area (Å²) in [6, 6.07) is 20.2. The van der Waals surface area contributed by atoms with Crippen molar-refractivity contribution in [2.75, 3.05) is 17.7 Å². The first-order chi connectivity index (χ1) is 16.5. The lowest BCUT2D eigenvalue weighted by molar-refractivity contribution is 0.0956. The Bertz CT molecular complexity index is 1170. The molecule has 3 aromatic carbocycles. The van der Waals surface area contributed by atoms with Gasteiger partial charge in [-0.3, -0.25) is 9.59 Å². The number of aliphatic hydroxyl groups excluding tert-OH is 1. The normalized spacial score (nSPS) is 10.9. The number of nitrogens with zero attached hydrogens (tertiary/aromatic N) is 1. The highest BCUT2D eigenvalue weighted by Crippen LogP contribution is 2.22. The Morgan fingerprint density at radius 2 is 1.85 bits per heavy atom. The average Bonchev–Trinajstić information content (AvgIpc) is 2.83. The number of thioether (sulfide) groups is 1. The van der Waals surface area contributed by atoms with Crippen molar-refractivity contribution in [3.63, 3.8) is 0 Å². The lowest BCUT2D eigenvalue weighted by Crippen LogP contribution is -2.21. The van der Waals surface area contributed by atoms with E-state index in [1.54, 1.807) is 48.3 Å². The van der Waals surface area contributed by atoms with Crippen LogP contribution in [-0.4, -0.2) is 35.5 Å². The largest absolute Gasteiger partial charge is 0.396 e. The quantitative estimate of drug-likeness (QED) is 0.183. The van der Waals surface area contributed by atoms with Gasteiger partial charge in [0.15, 0.2) is 0 Å². The van der Waals surface area contributed by atoms with Crippen LogP contribution in [-0.2, 0) is 5.75 Å². The Labute approximate surface area is 212 Å². The van der Waals surface area contributed by atoms with Crippen LogP contribution in [0.4, 0.5) is 5.69 Å².